The zero-order chi connectivity index (χ0) is 23.7. The Morgan fingerprint density at radius 3 is 2.29 bits per heavy atom. The van der Waals surface area contributed by atoms with Crippen LogP contribution in [0.5, 0.6) is 0 Å². The van der Waals surface area contributed by atoms with E-state index in [1.165, 1.54) is 24.0 Å². The van der Waals surface area contributed by atoms with Gasteiger partial charge >= 0.3 is 6.09 Å². The average Bonchev–Trinajstić information content (AvgIpc) is 3.64. The number of hydrogen-bond acceptors (Lipinski definition) is 4. The summed E-state index contributed by atoms with van der Waals surface area (Å²) in [5.74, 6) is 1.28. The molecule has 1 unspecified atom stereocenters. The zero-order valence-electron chi connectivity index (χ0n) is 19.6. The summed E-state index contributed by atoms with van der Waals surface area (Å²) in [5, 5.41) is 7.83. The number of allylic oxidation sites excluding steroid dienone is 1. The lowest BCUT2D eigenvalue weighted by Gasteiger charge is -2.22. The van der Waals surface area contributed by atoms with Gasteiger partial charge in [-0.2, -0.15) is 0 Å². The van der Waals surface area contributed by atoms with Crippen molar-refractivity contribution in [2.24, 2.45) is 0 Å². The van der Waals surface area contributed by atoms with Gasteiger partial charge in [0.2, 0.25) is 0 Å². The predicted molar refractivity (Wildman–Crippen MR) is 135 cm³/mol. The van der Waals surface area contributed by atoms with Crippen molar-refractivity contribution in [3.63, 3.8) is 0 Å². The van der Waals surface area contributed by atoms with Gasteiger partial charge in [0.1, 0.15) is 17.5 Å². The van der Waals surface area contributed by atoms with Gasteiger partial charge in [-0.25, -0.2) is 4.79 Å². The minimum atomic E-state index is -0.546. The Bertz CT molecular complexity index is 1210. The maximum atomic E-state index is 12.7. The highest BCUT2D eigenvalue weighted by molar-refractivity contribution is 6.30. The van der Waals surface area contributed by atoms with Gasteiger partial charge in [0.25, 0.3) is 0 Å². The normalized spacial score (nSPS) is 16.9. The SMILES string of the molecule is Cc1onc(-c2ccc(-c3ccc(C4CC4)cc3)cc2)c1NC(=O)OC(C)C1=C(Cl)CCCC1. The highest BCUT2D eigenvalue weighted by Gasteiger charge is 2.24. The van der Waals surface area contributed by atoms with Gasteiger partial charge in [-0.3, -0.25) is 5.32 Å². The molecule has 6 heteroatoms. The molecule has 0 aliphatic heterocycles. The Hall–Kier alpha value is -3.05. The summed E-state index contributed by atoms with van der Waals surface area (Å²) in [7, 11) is 0. The first-order valence-corrected chi connectivity index (χ1v) is 12.4. The molecule has 0 saturated heterocycles. The first-order valence-electron chi connectivity index (χ1n) is 12.0. The monoisotopic (exact) mass is 476 g/mol. The van der Waals surface area contributed by atoms with Crippen LogP contribution in [0.3, 0.4) is 0 Å². The van der Waals surface area contributed by atoms with Crippen molar-refractivity contribution in [2.75, 3.05) is 5.32 Å². The first-order chi connectivity index (χ1) is 16.5. The Morgan fingerprint density at radius 1 is 1.03 bits per heavy atom. The number of nitrogens with one attached hydrogen (secondary N) is 1. The summed E-state index contributed by atoms with van der Waals surface area (Å²) in [5.41, 5.74) is 6.70. The summed E-state index contributed by atoms with van der Waals surface area (Å²) >= 11 is 6.36. The quantitative estimate of drug-likeness (QED) is 0.389. The fraction of sp³-hybridized carbons (Fsp3) is 0.357. The lowest BCUT2D eigenvalue weighted by atomic mass is 9.96. The van der Waals surface area contributed by atoms with Crippen LogP contribution in [0.4, 0.5) is 10.5 Å². The molecule has 1 amide bonds. The summed E-state index contributed by atoms with van der Waals surface area (Å²) in [6.07, 6.45) is 5.55. The predicted octanol–water partition coefficient (Wildman–Crippen LogP) is 8.20. The van der Waals surface area contributed by atoms with E-state index in [2.05, 4.69) is 46.9 Å². The van der Waals surface area contributed by atoms with E-state index < -0.39 is 6.09 Å². The van der Waals surface area contributed by atoms with Gasteiger partial charge in [-0.15, -0.1) is 0 Å². The number of hydrogen-bond donors (Lipinski definition) is 1. The Kier molecular flexibility index (Phi) is 6.46. The van der Waals surface area contributed by atoms with Crippen LogP contribution in [-0.4, -0.2) is 17.4 Å². The number of benzene rings is 2. The molecule has 1 heterocycles. The van der Waals surface area contributed by atoms with Gasteiger partial charge in [0.05, 0.1) is 0 Å². The summed E-state index contributed by atoms with van der Waals surface area (Å²) in [4.78, 5) is 12.7. The number of halogens is 1. The Balaban J connectivity index is 1.29. The van der Waals surface area contributed by atoms with Gasteiger partial charge < -0.3 is 9.26 Å². The molecular weight excluding hydrogens is 448 g/mol. The molecule has 2 aliphatic rings. The summed E-state index contributed by atoms with van der Waals surface area (Å²) in [6.45, 7) is 3.63. The van der Waals surface area contributed by atoms with Crippen LogP contribution in [0.15, 0.2) is 63.7 Å². The summed E-state index contributed by atoms with van der Waals surface area (Å²) in [6, 6.07) is 16.9. The van der Waals surface area contributed by atoms with E-state index in [0.717, 1.165) is 53.3 Å². The lowest BCUT2D eigenvalue weighted by Crippen LogP contribution is -2.23. The van der Waals surface area contributed by atoms with E-state index in [1.54, 1.807) is 6.92 Å². The fourth-order valence-corrected chi connectivity index (χ4v) is 4.96. The maximum absolute atomic E-state index is 12.7. The number of amides is 1. The van der Waals surface area contributed by atoms with Gasteiger partial charge in [-0.05, 0) is 80.6 Å². The molecule has 3 aromatic rings. The second kappa shape index (κ2) is 9.67. The van der Waals surface area contributed by atoms with Gasteiger partial charge in [-0.1, -0.05) is 65.3 Å². The summed E-state index contributed by atoms with van der Waals surface area (Å²) < 4.78 is 11.0. The molecular formula is C28H29ClN2O3. The average molecular weight is 477 g/mol. The third-order valence-electron chi connectivity index (χ3n) is 6.76. The molecule has 5 rings (SSSR count). The largest absolute Gasteiger partial charge is 0.442 e. The van der Waals surface area contributed by atoms with Crippen LogP contribution in [0.2, 0.25) is 0 Å². The van der Waals surface area contributed by atoms with Crippen molar-refractivity contribution < 1.29 is 14.1 Å². The van der Waals surface area contributed by atoms with Crippen molar-refractivity contribution in [3.8, 4) is 22.4 Å². The van der Waals surface area contributed by atoms with Crippen LogP contribution >= 0.6 is 11.6 Å². The second-order valence-electron chi connectivity index (χ2n) is 9.25. The number of aromatic nitrogens is 1. The van der Waals surface area contributed by atoms with Crippen molar-refractivity contribution >= 4 is 23.4 Å². The molecule has 1 N–H and O–H groups in total. The molecule has 2 aromatic carbocycles. The Labute approximate surface area is 205 Å². The number of aryl methyl sites for hydroxylation is 1. The van der Waals surface area contributed by atoms with Crippen molar-refractivity contribution in [1.29, 1.82) is 0 Å². The van der Waals surface area contributed by atoms with E-state index in [4.69, 9.17) is 20.9 Å². The second-order valence-corrected chi connectivity index (χ2v) is 9.70. The highest BCUT2D eigenvalue weighted by Crippen LogP contribution is 2.40. The van der Waals surface area contributed by atoms with Crippen molar-refractivity contribution in [1.82, 2.24) is 5.16 Å². The third kappa shape index (κ3) is 4.90. The molecule has 1 fully saturated rings. The highest BCUT2D eigenvalue weighted by atomic mass is 35.5. The van der Waals surface area contributed by atoms with Gasteiger partial charge in [0.15, 0.2) is 5.76 Å². The van der Waals surface area contributed by atoms with Crippen molar-refractivity contribution in [3.05, 3.63) is 70.5 Å². The molecule has 1 aromatic heterocycles. The number of ether oxygens (including phenoxy) is 1. The molecule has 5 nitrogen and oxygen atoms in total. The first kappa shape index (κ1) is 22.7. The fourth-order valence-electron chi connectivity index (χ4n) is 4.58. The number of rotatable bonds is 6. The molecule has 1 atom stereocenters. The van der Waals surface area contributed by atoms with Crippen LogP contribution in [0, 0.1) is 6.92 Å². The van der Waals surface area contributed by atoms with Crippen LogP contribution in [0.25, 0.3) is 22.4 Å². The number of nitrogens with zero attached hydrogens (tertiary/aromatic N) is 1. The van der Waals surface area contributed by atoms with E-state index in [9.17, 15) is 4.79 Å². The van der Waals surface area contributed by atoms with E-state index in [-0.39, 0.29) is 6.10 Å². The van der Waals surface area contributed by atoms with Crippen LogP contribution in [-0.2, 0) is 4.74 Å². The standard InChI is InChI=1S/C28H29ClN2O3/c1-17(24-5-3-4-6-25(24)29)33-28(32)30-26-18(2)34-31-27(26)23-15-13-22(14-16-23)21-11-9-20(10-12-21)19-7-8-19/h9-17,19H,3-8H2,1-2H3,(H,30,32). The molecule has 2 aliphatic carbocycles. The van der Waals surface area contributed by atoms with Gasteiger partial charge in [0, 0.05) is 10.6 Å². The number of carbonyl (C=O) groups excluding carboxylic acids is 1. The third-order valence-corrected chi connectivity index (χ3v) is 7.19. The lowest BCUT2D eigenvalue weighted by molar-refractivity contribution is 0.134. The zero-order valence-corrected chi connectivity index (χ0v) is 20.3. The van der Waals surface area contributed by atoms with E-state index >= 15 is 0 Å². The smallest absolute Gasteiger partial charge is 0.412 e. The molecule has 1 saturated carbocycles. The van der Waals surface area contributed by atoms with E-state index in [1.807, 2.05) is 19.1 Å². The number of anilines is 1. The van der Waals surface area contributed by atoms with Crippen molar-refractivity contribution in [2.45, 2.75) is 64.4 Å². The molecule has 0 spiro atoms. The van der Waals surface area contributed by atoms with E-state index in [0.29, 0.717) is 17.1 Å². The molecule has 0 bridgehead atoms. The minimum absolute atomic E-state index is 0.373. The minimum Gasteiger partial charge on any atom is -0.442 e. The maximum Gasteiger partial charge on any atom is 0.412 e. The molecule has 176 valence electrons. The number of carbonyl (C=O) groups is 1. The van der Waals surface area contributed by atoms with Crippen LogP contribution in [0.1, 0.15) is 62.7 Å². The Morgan fingerprint density at radius 2 is 1.65 bits per heavy atom. The molecule has 34 heavy (non-hydrogen) atoms. The molecule has 0 radical (unpaired) electrons. The van der Waals surface area contributed by atoms with Crippen LogP contribution < -0.4 is 5.32 Å². The topological polar surface area (TPSA) is 64.4 Å².